The normalized spacial score (nSPS) is 19.5. The number of benzene rings is 2. The maximum absolute atomic E-state index is 5.68. The molecule has 0 N–H and O–H groups in total. The summed E-state index contributed by atoms with van der Waals surface area (Å²) in [5, 5.41) is 0. The van der Waals surface area contributed by atoms with Crippen molar-refractivity contribution in [2.45, 2.75) is 19.8 Å². The Balaban J connectivity index is 2.00. The maximum atomic E-state index is 5.68. The van der Waals surface area contributed by atoms with E-state index in [1.807, 2.05) is 25.1 Å². The molecule has 0 saturated carbocycles. The highest BCUT2D eigenvalue weighted by atomic mass is 16.5. The van der Waals surface area contributed by atoms with Crippen LogP contribution >= 0.6 is 0 Å². The fraction of sp³-hybridized carbons (Fsp3) is 0.316. The Bertz CT molecular complexity index is 618. The van der Waals surface area contributed by atoms with Crippen molar-refractivity contribution in [1.82, 2.24) is 0 Å². The molecule has 1 aliphatic rings. The molecule has 2 aromatic rings. The maximum Gasteiger partial charge on any atom is 0.0633 e. The quantitative estimate of drug-likeness (QED) is 0.812. The van der Waals surface area contributed by atoms with Gasteiger partial charge in [0, 0.05) is 12.5 Å². The van der Waals surface area contributed by atoms with Gasteiger partial charge in [0.15, 0.2) is 0 Å². The van der Waals surface area contributed by atoms with Gasteiger partial charge in [-0.3, -0.25) is 4.99 Å². The first-order valence-electron chi connectivity index (χ1n) is 7.68. The van der Waals surface area contributed by atoms with E-state index in [1.165, 1.54) is 16.8 Å². The molecule has 0 aromatic heterocycles. The Hall–Kier alpha value is -1.93. The van der Waals surface area contributed by atoms with Gasteiger partial charge in [0.2, 0.25) is 0 Å². The molecule has 21 heavy (non-hydrogen) atoms. The Morgan fingerprint density at radius 2 is 1.81 bits per heavy atom. The zero-order valence-electron chi connectivity index (χ0n) is 12.5. The molecule has 2 aromatic carbocycles. The average molecular weight is 279 g/mol. The third-order valence-electron chi connectivity index (χ3n) is 3.97. The van der Waals surface area contributed by atoms with Gasteiger partial charge in [-0.25, -0.2) is 0 Å². The topological polar surface area (TPSA) is 21.6 Å². The highest BCUT2D eigenvalue weighted by molar-refractivity contribution is 6.05. The number of rotatable bonds is 4. The van der Waals surface area contributed by atoms with Crippen molar-refractivity contribution in [3.05, 3.63) is 65.7 Å². The first-order valence-corrected chi connectivity index (χ1v) is 7.68. The van der Waals surface area contributed by atoms with Crippen LogP contribution in [-0.2, 0) is 11.2 Å². The van der Waals surface area contributed by atoms with Gasteiger partial charge in [0.05, 0.1) is 18.0 Å². The first kappa shape index (κ1) is 14.0. The smallest absolute Gasteiger partial charge is 0.0633 e. The van der Waals surface area contributed by atoms with Gasteiger partial charge >= 0.3 is 0 Å². The van der Waals surface area contributed by atoms with Crippen LogP contribution in [-0.4, -0.2) is 18.9 Å². The first-order chi connectivity index (χ1) is 10.4. The summed E-state index contributed by atoms with van der Waals surface area (Å²) in [5.74, 6) is 0.389. The second-order valence-corrected chi connectivity index (χ2v) is 5.38. The van der Waals surface area contributed by atoms with Crippen molar-refractivity contribution >= 4 is 11.4 Å². The molecule has 1 unspecified atom stereocenters. The largest absolute Gasteiger partial charge is 0.381 e. The van der Waals surface area contributed by atoms with E-state index in [1.54, 1.807) is 0 Å². The summed E-state index contributed by atoms with van der Waals surface area (Å²) < 4.78 is 5.68. The van der Waals surface area contributed by atoms with Crippen molar-refractivity contribution in [2.24, 2.45) is 10.9 Å². The molecule has 0 aliphatic heterocycles. The Morgan fingerprint density at radius 3 is 2.62 bits per heavy atom. The number of aryl methyl sites for hydroxylation is 1. The molecule has 2 nitrogen and oxygen atoms in total. The van der Waals surface area contributed by atoms with Crippen LogP contribution in [0, 0.1) is 5.92 Å². The number of ether oxygens (including phenoxy) is 1. The van der Waals surface area contributed by atoms with Crippen LogP contribution in [0.2, 0.25) is 0 Å². The molecular formula is C19H21NO. The summed E-state index contributed by atoms with van der Waals surface area (Å²) in [6.07, 6.45) is 2.23. The summed E-state index contributed by atoms with van der Waals surface area (Å²) in [5.41, 5.74) is 4.89. The molecule has 0 fully saturated rings. The molecule has 3 rings (SSSR count). The Kier molecular flexibility index (Phi) is 4.46. The lowest BCUT2D eigenvalue weighted by Crippen LogP contribution is -2.27. The summed E-state index contributed by atoms with van der Waals surface area (Å²) >= 11 is 0. The van der Waals surface area contributed by atoms with E-state index in [9.17, 15) is 0 Å². The highest BCUT2D eigenvalue weighted by Crippen LogP contribution is 2.28. The fourth-order valence-corrected chi connectivity index (χ4v) is 2.89. The Morgan fingerprint density at radius 1 is 1.05 bits per heavy atom. The second kappa shape index (κ2) is 6.68. The van der Waals surface area contributed by atoms with E-state index < -0.39 is 0 Å². The van der Waals surface area contributed by atoms with Crippen LogP contribution in [0.4, 0.5) is 5.69 Å². The molecule has 0 bridgehead atoms. The van der Waals surface area contributed by atoms with Crippen molar-refractivity contribution in [1.29, 1.82) is 0 Å². The predicted octanol–water partition coefficient (Wildman–Crippen LogP) is 4.41. The van der Waals surface area contributed by atoms with Gasteiger partial charge in [0.1, 0.15) is 0 Å². The fourth-order valence-electron chi connectivity index (χ4n) is 2.89. The van der Waals surface area contributed by atoms with Gasteiger partial charge in [-0.05, 0) is 43.0 Å². The molecule has 0 saturated heterocycles. The van der Waals surface area contributed by atoms with Crippen molar-refractivity contribution < 1.29 is 4.74 Å². The average Bonchev–Trinajstić information content (AvgIpc) is 2.55. The standard InChI is InChI=1S/C19H21NO/c1-2-21-14-16-13-12-15-8-6-7-11-18(15)19(16)20-17-9-4-3-5-10-17/h3-11,16H,2,12-14H2,1H3. The number of para-hydroxylation sites is 1. The zero-order chi connectivity index (χ0) is 14.5. The van der Waals surface area contributed by atoms with Crippen LogP contribution in [0.3, 0.4) is 0 Å². The van der Waals surface area contributed by atoms with Gasteiger partial charge in [-0.2, -0.15) is 0 Å². The lowest BCUT2D eigenvalue weighted by Gasteiger charge is -2.26. The number of aliphatic imine (C=N–C) groups is 1. The molecule has 0 radical (unpaired) electrons. The lowest BCUT2D eigenvalue weighted by atomic mass is 9.82. The van der Waals surface area contributed by atoms with E-state index in [-0.39, 0.29) is 0 Å². The lowest BCUT2D eigenvalue weighted by molar-refractivity contribution is 0.126. The van der Waals surface area contributed by atoms with Crippen molar-refractivity contribution in [3.8, 4) is 0 Å². The van der Waals surface area contributed by atoms with Crippen LogP contribution in [0.5, 0.6) is 0 Å². The van der Waals surface area contributed by atoms with Crippen molar-refractivity contribution in [3.63, 3.8) is 0 Å². The SMILES string of the molecule is CCOCC1CCc2ccccc2C1=Nc1ccccc1. The Labute approximate surface area is 126 Å². The molecule has 1 aliphatic carbocycles. The minimum Gasteiger partial charge on any atom is -0.381 e. The molecular weight excluding hydrogens is 258 g/mol. The summed E-state index contributed by atoms with van der Waals surface area (Å²) in [4.78, 5) is 4.93. The zero-order valence-corrected chi connectivity index (χ0v) is 12.5. The second-order valence-electron chi connectivity index (χ2n) is 5.38. The van der Waals surface area contributed by atoms with E-state index in [0.717, 1.165) is 31.7 Å². The number of nitrogens with zero attached hydrogens (tertiary/aromatic N) is 1. The van der Waals surface area contributed by atoms with Gasteiger partial charge in [0.25, 0.3) is 0 Å². The number of hydrogen-bond acceptors (Lipinski definition) is 2. The molecule has 2 heteroatoms. The van der Waals surface area contributed by atoms with Gasteiger partial charge in [-0.1, -0.05) is 42.5 Å². The molecule has 0 amide bonds. The van der Waals surface area contributed by atoms with Gasteiger partial charge < -0.3 is 4.74 Å². The third-order valence-corrected chi connectivity index (χ3v) is 3.97. The summed E-state index contributed by atoms with van der Waals surface area (Å²) in [6, 6.07) is 18.8. The minimum absolute atomic E-state index is 0.389. The number of hydrogen-bond donors (Lipinski definition) is 0. The predicted molar refractivity (Wildman–Crippen MR) is 87.4 cm³/mol. The molecule has 108 valence electrons. The summed E-state index contributed by atoms with van der Waals surface area (Å²) in [7, 11) is 0. The molecule has 0 heterocycles. The van der Waals surface area contributed by atoms with E-state index in [4.69, 9.17) is 9.73 Å². The van der Waals surface area contributed by atoms with Crippen molar-refractivity contribution in [2.75, 3.05) is 13.2 Å². The van der Waals surface area contributed by atoms with Crippen LogP contribution in [0.15, 0.2) is 59.6 Å². The number of fused-ring (bicyclic) bond motifs is 1. The van der Waals surface area contributed by atoms with Crippen LogP contribution < -0.4 is 0 Å². The molecule has 1 atom stereocenters. The van der Waals surface area contributed by atoms with E-state index in [0.29, 0.717) is 5.92 Å². The molecule has 0 spiro atoms. The summed E-state index contributed by atoms with van der Waals surface area (Å²) in [6.45, 7) is 3.57. The monoisotopic (exact) mass is 279 g/mol. The van der Waals surface area contributed by atoms with E-state index in [2.05, 4.69) is 36.4 Å². The van der Waals surface area contributed by atoms with E-state index >= 15 is 0 Å². The minimum atomic E-state index is 0.389. The third kappa shape index (κ3) is 3.22. The van der Waals surface area contributed by atoms with Gasteiger partial charge in [-0.15, -0.1) is 0 Å². The van der Waals surface area contributed by atoms with Crippen LogP contribution in [0.25, 0.3) is 0 Å². The highest BCUT2D eigenvalue weighted by Gasteiger charge is 2.25. The van der Waals surface area contributed by atoms with Crippen LogP contribution in [0.1, 0.15) is 24.5 Å².